The van der Waals surface area contributed by atoms with E-state index >= 15 is 0 Å². The number of aliphatic carboxylic acids is 1. The predicted molar refractivity (Wildman–Crippen MR) is 107 cm³/mol. The van der Waals surface area contributed by atoms with Crippen LogP contribution in [0.2, 0.25) is 5.02 Å². The molecule has 1 fully saturated rings. The average Bonchev–Trinajstić information content (AvgIpc) is 3.05. The molecule has 1 unspecified atom stereocenters. The molecule has 0 spiro atoms. The number of nitrogens with one attached hydrogen (secondary N) is 1. The number of H-pyrrole nitrogens is 1. The molecule has 2 aromatic heterocycles. The van der Waals surface area contributed by atoms with Crippen LogP contribution < -0.4 is 5.56 Å². The molecule has 0 radical (unpaired) electrons. The lowest BCUT2D eigenvalue weighted by Crippen LogP contribution is -2.49. The first-order chi connectivity index (χ1) is 13.5. The van der Waals surface area contributed by atoms with Gasteiger partial charge in [0.15, 0.2) is 0 Å². The monoisotopic (exact) mass is 397 g/mol. The van der Waals surface area contributed by atoms with Crippen LogP contribution in [0.1, 0.15) is 29.6 Å². The molecular weight excluding hydrogens is 378 g/mol. The molecule has 1 aromatic carbocycles. The SMILES string of the molecule is O=C(O)C(c1c[nH]c2cc(Cl)ccc12)N1C[C@@H]2C[C@H](C1)c1cccc(=O)n1C2. The van der Waals surface area contributed by atoms with Crippen molar-refractivity contribution in [2.45, 2.75) is 24.9 Å². The highest BCUT2D eigenvalue weighted by atomic mass is 35.5. The van der Waals surface area contributed by atoms with Gasteiger partial charge >= 0.3 is 5.97 Å². The largest absolute Gasteiger partial charge is 0.480 e. The number of fused-ring (bicyclic) bond motifs is 5. The molecule has 1 saturated heterocycles. The van der Waals surface area contributed by atoms with Gasteiger partial charge in [0.05, 0.1) is 0 Å². The standard InChI is InChI=1S/C21H20ClN3O3/c22-14-4-5-15-16(8-23-17(15)7-14)20(21(27)28)24-9-12-6-13(11-24)18-2-1-3-19(26)25(18)10-12/h1-5,7-8,12-13,20,23H,6,9-11H2,(H,27,28)/t12-,13+,20?/m0/s1. The van der Waals surface area contributed by atoms with E-state index in [0.717, 1.165) is 28.6 Å². The number of carboxylic acid groups (broad SMARTS) is 1. The number of nitrogens with zero attached hydrogens (tertiary/aromatic N) is 2. The summed E-state index contributed by atoms with van der Waals surface area (Å²) in [5, 5.41) is 11.6. The third-order valence-electron chi connectivity index (χ3n) is 6.08. The Balaban J connectivity index is 1.54. The van der Waals surface area contributed by atoms with Crippen LogP contribution in [0.3, 0.4) is 0 Å². The Morgan fingerprint density at radius 1 is 1.21 bits per heavy atom. The molecule has 0 saturated carbocycles. The highest BCUT2D eigenvalue weighted by Crippen LogP contribution is 2.39. The molecule has 0 amide bonds. The average molecular weight is 398 g/mol. The summed E-state index contributed by atoms with van der Waals surface area (Å²) in [6, 6.07) is 10.1. The van der Waals surface area contributed by atoms with Crippen LogP contribution in [0.15, 0.2) is 47.4 Å². The number of rotatable bonds is 3. The molecule has 4 heterocycles. The second-order valence-electron chi connectivity index (χ2n) is 7.83. The lowest BCUT2D eigenvalue weighted by molar-refractivity contribution is -0.144. The third kappa shape index (κ3) is 2.75. The van der Waals surface area contributed by atoms with E-state index in [4.69, 9.17) is 11.6 Å². The van der Waals surface area contributed by atoms with E-state index in [1.54, 1.807) is 24.4 Å². The third-order valence-corrected chi connectivity index (χ3v) is 6.31. The Kier molecular flexibility index (Phi) is 4.07. The quantitative estimate of drug-likeness (QED) is 0.711. The van der Waals surface area contributed by atoms with Crippen molar-refractivity contribution in [3.05, 3.63) is 69.2 Å². The van der Waals surface area contributed by atoms with Crippen LogP contribution in [-0.4, -0.2) is 38.6 Å². The number of hydrogen-bond donors (Lipinski definition) is 2. The number of halogens is 1. The van der Waals surface area contributed by atoms with Gasteiger partial charge in [-0.1, -0.05) is 23.7 Å². The molecule has 144 valence electrons. The van der Waals surface area contributed by atoms with Crippen LogP contribution >= 0.6 is 11.6 Å². The molecule has 3 aromatic rings. The van der Waals surface area contributed by atoms with Crippen molar-refractivity contribution in [2.24, 2.45) is 5.92 Å². The molecule has 5 rings (SSSR count). The summed E-state index contributed by atoms with van der Waals surface area (Å²) in [4.78, 5) is 29.7. The van der Waals surface area contributed by atoms with E-state index in [0.29, 0.717) is 24.7 Å². The van der Waals surface area contributed by atoms with Crippen molar-refractivity contribution in [2.75, 3.05) is 13.1 Å². The van der Waals surface area contributed by atoms with Gasteiger partial charge in [0.2, 0.25) is 0 Å². The molecule has 2 bridgehead atoms. The van der Waals surface area contributed by atoms with Gasteiger partial charge in [-0.2, -0.15) is 0 Å². The summed E-state index contributed by atoms with van der Waals surface area (Å²) < 4.78 is 1.86. The molecule has 28 heavy (non-hydrogen) atoms. The van der Waals surface area contributed by atoms with E-state index in [9.17, 15) is 14.7 Å². The van der Waals surface area contributed by atoms with Crippen LogP contribution in [0.5, 0.6) is 0 Å². The summed E-state index contributed by atoms with van der Waals surface area (Å²) >= 11 is 6.07. The number of aromatic nitrogens is 2. The minimum absolute atomic E-state index is 0.0314. The maximum absolute atomic E-state index is 12.3. The van der Waals surface area contributed by atoms with Crippen molar-refractivity contribution in [1.29, 1.82) is 0 Å². The maximum Gasteiger partial charge on any atom is 0.325 e. The van der Waals surface area contributed by atoms with Gasteiger partial charge in [-0.15, -0.1) is 0 Å². The van der Waals surface area contributed by atoms with E-state index in [-0.39, 0.29) is 17.4 Å². The Bertz CT molecular complexity index is 1140. The molecule has 2 aliphatic heterocycles. The molecule has 3 atom stereocenters. The molecular formula is C21H20ClN3O3. The maximum atomic E-state index is 12.3. The Morgan fingerprint density at radius 3 is 2.89 bits per heavy atom. The van der Waals surface area contributed by atoms with E-state index < -0.39 is 12.0 Å². The van der Waals surface area contributed by atoms with Crippen molar-refractivity contribution < 1.29 is 9.90 Å². The smallest absolute Gasteiger partial charge is 0.325 e. The number of pyridine rings is 1. The first-order valence-electron chi connectivity index (χ1n) is 9.44. The second kappa shape index (κ2) is 6.50. The summed E-state index contributed by atoms with van der Waals surface area (Å²) in [5.41, 5.74) is 2.64. The minimum atomic E-state index is -0.860. The van der Waals surface area contributed by atoms with Crippen molar-refractivity contribution >= 4 is 28.5 Å². The zero-order chi connectivity index (χ0) is 19.4. The molecule has 2 aliphatic rings. The van der Waals surface area contributed by atoms with Gasteiger partial charge in [-0.25, -0.2) is 0 Å². The molecule has 2 N–H and O–H groups in total. The Labute approximate surface area is 166 Å². The molecule has 7 heteroatoms. The predicted octanol–water partition coefficient (Wildman–Crippen LogP) is 3.23. The van der Waals surface area contributed by atoms with Crippen LogP contribution in [0.25, 0.3) is 10.9 Å². The summed E-state index contributed by atoms with van der Waals surface area (Å²) in [6.45, 7) is 1.93. The van der Waals surface area contributed by atoms with Gasteiger partial charge in [0.25, 0.3) is 5.56 Å². The highest BCUT2D eigenvalue weighted by molar-refractivity contribution is 6.31. The van der Waals surface area contributed by atoms with Gasteiger partial charge < -0.3 is 14.7 Å². The van der Waals surface area contributed by atoms with E-state index in [1.165, 1.54) is 0 Å². The van der Waals surface area contributed by atoms with Crippen molar-refractivity contribution in [3.63, 3.8) is 0 Å². The van der Waals surface area contributed by atoms with Gasteiger partial charge in [-0.05, 0) is 30.5 Å². The van der Waals surface area contributed by atoms with Gasteiger partial charge in [0, 0.05) is 65.0 Å². The second-order valence-corrected chi connectivity index (χ2v) is 8.26. The van der Waals surface area contributed by atoms with Gasteiger partial charge in [-0.3, -0.25) is 14.5 Å². The number of piperidine rings is 1. The highest BCUT2D eigenvalue weighted by Gasteiger charge is 2.40. The summed E-state index contributed by atoms with van der Waals surface area (Å²) in [5.74, 6) is -0.419. The van der Waals surface area contributed by atoms with E-state index in [1.807, 2.05) is 22.8 Å². The first kappa shape index (κ1) is 17.5. The van der Waals surface area contributed by atoms with Gasteiger partial charge in [0.1, 0.15) is 6.04 Å². The van der Waals surface area contributed by atoms with Crippen molar-refractivity contribution in [1.82, 2.24) is 14.5 Å². The fourth-order valence-electron chi connectivity index (χ4n) is 4.98. The normalized spacial score (nSPS) is 22.8. The number of hydrogen-bond acceptors (Lipinski definition) is 3. The zero-order valence-corrected chi connectivity index (χ0v) is 15.9. The lowest BCUT2D eigenvalue weighted by atomic mass is 9.82. The zero-order valence-electron chi connectivity index (χ0n) is 15.1. The van der Waals surface area contributed by atoms with Crippen LogP contribution in [0, 0.1) is 5.92 Å². The van der Waals surface area contributed by atoms with Crippen LogP contribution in [-0.2, 0) is 11.3 Å². The number of aromatic amines is 1. The Morgan fingerprint density at radius 2 is 2.07 bits per heavy atom. The molecule has 6 nitrogen and oxygen atoms in total. The Hall–Kier alpha value is -2.57. The lowest BCUT2D eigenvalue weighted by Gasteiger charge is -2.44. The van der Waals surface area contributed by atoms with Crippen LogP contribution in [0.4, 0.5) is 0 Å². The topological polar surface area (TPSA) is 78.3 Å². The fourth-order valence-corrected chi connectivity index (χ4v) is 5.15. The summed E-state index contributed by atoms with van der Waals surface area (Å²) in [6.07, 6.45) is 2.78. The number of carboxylic acids is 1. The fraction of sp³-hybridized carbons (Fsp3) is 0.333. The van der Waals surface area contributed by atoms with E-state index in [2.05, 4.69) is 9.88 Å². The number of benzene rings is 1. The van der Waals surface area contributed by atoms with Crippen molar-refractivity contribution in [3.8, 4) is 0 Å². The first-order valence-corrected chi connectivity index (χ1v) is 9.82. The molecule has 0 aliphatic carbocycles. The number of carbonyl (C=O) groups is 1. The number of likely N-dealkylation sites (tertiary alicyclic amines) is 1. The minimum Gasteiger partial charge on any atom is -0.480 e. The summed E-state index contributed by atoms with van der Waals surface area (Å²) in [7, 11) is 0.